The zero-order valence-corrected chi connectivity index (χ0v) is 11.9. The molecule has 0 aromatic heterocycles. The van der Waals surface area contributed by atoms with Crippen LogP contribution in [-0.2, 0) is 13.0 Å². The first kappa shape index (κ1) is 14.7. The smallest absolute Gasteiger partial charge is 0.120 e. The molecule has 2 rings (SSSR count). The maximum absolute atomic E-state index is 9.76. The number of phenols is 1. The lowest BCUT2D eigenvalue weighted by Crippen LogP contribution is -2.00. The van der Waals surface area contributed by atoms with Crippen LogP contribution in [0.2, 0.25) is 5.02 Å². The second kappa shape index (κ2) is 7.17. The summed E-state index contributed by atoms with van der Waals surface area (Å²) in [6, 6.07) is 13.1. The zero-order valence-electron chi connectivity index (χ0n) is 11.1. The molecular weight excluding hydrogens is 274 g/mol. The molecule has 0 aliphatic carbocycles. The fourth-order valence-electron chi connectivity index (χ4n) is 2.01. The molecular formula is C16H18ClNO2. The number of rotatable bonds is 6. The predicted molar refractivity (Wildman–Crippen MR) is 82.3 cm³/mol. The van der Waals surface area contributed by atoms with Crippen molar-refractivity contribution in [2.24, 2.45) is 0 Å². The summed E-state index contributed by atoms with van der Waals surface area (Å²) in [5, 5.41) is 22.5. The van der Waals surface area contributed by atoms with Crippen molar-refractivity contribution in [1.29, 1.82) is 0 Å². The second-order valence-electron chi connectivity index (χ2n) is 4.65. The van der Waals surface area contributed by atoms with E-state index in [2.05, 4.69) is 11.4 Å². The average molecular weight is 292 g/mol. The Morgan fingerprint density at radius 1 is 1.10 bits per heavy atom. The number of hydrogen-bond donors (Lipinski definition) is 3. The van der Waals surface area contributed by atoms with Crippen molar-refractivity contribution in [2.75, 3.05) is 11.9 Å². The number of hydrogen-bond acceptors (Lipinski definition) is 3. The summed E-state index contributed by atoms with van der Waals surface area (Å²) in [4.78, 5) is 0. The molecule has 0 heterocycles. The molecule has 4 heteroatoms. The van der Waals surface area contributed by atoms with E-state index in [0.29, 0.717) is 11.6 Å². The van der Waals surface area contributed by atoms with Gasteiger partial charge in [0.25, 0.3) is 0 Å². The summed E-state index contributed by atoms with van der Waals surface area (Å²) in [5.41, 5.74) is 2.93. The maximum atomic E-state index is 9.76. The molecule has 0 fully saturated rings. The SMILES string of the molecule is OCCCc1cccc(NCc2cc(Cl)ccc2O)c1. The largest absolute Gasteiger partial charge is 0.508 e. The van der Waals surface area contributed by atoms with E-state index in [1.807, 2.05) is 18.2 Å². The van der Waals surface area contributed by atoms with E-state index in [9.17, 15) is 5.11 Å². The molecule has 3 N–H and O–H groups in total. The van der Waals surface area contributed by atoms with Gasteiger partial charge in [-0.25, -0.2) is 0 Å². The number of benzene rings is 2. The van der Waals surface area contributed by atoms with E-state index in [1.165, 1.54) is 5.56 Å². The molecule has 0 radical (unpaired) electrons. The molecule has 0 saturated carbocycles. The highest BCUT2D eigenvalue weighted by molar-refractivity contribution is 6.30. The van der Waals surface area contributed by atoms with Crippen LogP contribution in [-0.4, -0.2) is 16.8 Å². The molecule has 2 aromatic carbocycles. The Labute approximate surface area is 123 Å². The number of aryl methyl sites for hydroxylation is 1. The van der Waals surface area contributed by atoms with Gasteiger partial charge < -0.3 is 15.5 Å². The van der Waals surface area contributed by atoms with Gasteiger partial charge in [0, 0.05) is 29.4 Å². The predicted octanol–water partition coefficient (Wildman–Crippen LogP) is 3.58. The minimum atomic E-state index is 0.202. The summed E-state index contributed by atoms with van der Waals surface area (Å²) in [5.74, 6) is 0.235. The topological polar surface area (TPSA) is 52.5 Å². The molecule has 0 spiro atoms. The fraction of sp³-hybridized carbons (Fsp3) is 0.250. The van der Waals surface area contributed by atoms with Gasteiger partial charge in [-0.1, -0.05) is 23.7 Å². The fourth-order valence-corrected chi connectivity index (χ4v) is 2.21. The first-order valence-electron chi connectivity index (χ1n) is 6.60. The summed E-state index contributed by atoms with van der Waals surface area (Å²) < 4.78 is 0. The Bertz CT molecular complexity index is 572. The Kier molecular flexibility index (Phi) is 5.27. The molecule has 0 aliphatic rings. The molecule has 20 heavy (non-hydrogen) atoms. The molecule has 0 saturated heterocycles. The number of halogens is 1. The highest BCUT2D eigenvalue weighted by Gasteiger charge is 2.02. The van der Waals surface area contributed by atoms with Crippen LogP contribution in [0, 0.1) is 0 Å². The van der Waals surface area contributed by atoms with Crippen LogP contribution >= 0.6 is 11.6 Å². The minimum absolute atomic E-state index is 0.202. The third kappa shape index (κ3) is 4.15. The van der Waals surface area contributed by atoms with Gasteiger partial charge in [0.2, 0.25) is 0 Å². The Hall–Kier alpha value is -1.71. The number of aromatic hydroxyl groups is 1. The highest BCUT2D eigenvalue weighted by Crippen LogP contribution is 2.22. The summed E-state index contributed by atoms with van der Waals surface area (Å²) in [6.45, 7) is 0.712. The number of phenolic OH excluding ortho intramolecular Hbond substituents is 1. The molecule has 0 unspecified atom stereocenters. The monoisotopic (exact) mass is 291 g/mol. The first-order valence-corrected chi connectivity index (χ1v) is 6.98. The van der Waals surface area contributed by atoms with Crippen molar-refractivity contribution in [2.45, 2.75) is 19.4 Å². The number of aliphatic hydroxyl groups is 1. The van der Waals surface area contributed by atoms with Gasteiger partial charge in [-0.05, 0) is 48.7 Å². The van der Waals surface area contributed by atoms with Gasteiger partial charge >= 0.3 is 0 Å². The lowest BCUT2D eigenvalue weighted by molar-refractivity contribution is 0.288. The van der Waals surface area contributed by atoms with E-state index in [0.717, 1.165) is 24.1 Å². The Morgan fingerprint density at radius 3 is 2.75 bits per heavy atom. The highest BCUT2D eigenvalue weighted by atomic mass is 35.5. The normalized spacial score (nSPS) is 10.5. The van der Waals surface area contributed by atoms with Gasteiger partial charge in [-0.2, -0.15) is 0 Å². The first-order chi connectivity index (χ1) is 9.69. The van der Waals surface area contributed by atoms with E-state index < -0.39 is 0 Å². The van der Waals surface area contributed by atoms with E-state index in [4.69, 9.17) is 16.7 Å². The van der Waals surface area contributed by atoms with Crippen molar-refractivity contribution in [3.05, 3.63) is 58.6 Å². The van der Waals surface area contributed by atoms with Crippen molar-refractivity contribution in [3.63, 3.8) is 0 Å². The van der Waals surface area contributed by atoms with Gasteiger partial charge in [-0.3, -0.25) is 0 Å². The van der Waals surface area contributed by atoms with Crippen molar-refractivity contribution in [3.8, 4) is 5.75 Å². The zero-order chi connectivity index (χ0) is 14.4. The number of aliphatic hydroxyl groups excluding tert-OH is 1. The number of nitrogens with one attached hydrogen (secondary N) is 1. The van der Waals surface area contributed by atoms with Crippen molar-refractivity contribution >= 4 is 17.3 Å². The second-order valence-corrected chi connectivity index (χ2v) is 5.09. The van der Waals surface area contributed by atoms with Crippen LogP contribution in [0.3, 0.4) is 0 Å². The molecule has 0 bridgehead atoms. The quantitative estimate of drug-likeness (QED) is 0.762. The molecule has 2 aromatic rings. The molecule has 0 amide bonds. The third-order valence-electron chi connectivity index (χ3n) is 3.08. The molecule has 3 nitrogen and oxygen atoms in total. The van der Waals surface area contributed by atoms with Gasteiger partial charge in [0.1, 0.15) is 5.75 Å². The van der Waals surface area contributed by atoms with E-state index >= 15 is 0 Å². The van der Waals surface area contributed by atoms with Crippen molar-refractivity contribution in [1.82, 2.24) is 0 Å². The van der Waals surface area contributed by atoms with Gasteiger partial charge in [0.05, 0.1) is 0 Å². The molecule has 0 aliphatic heterocycles. The lowest BCUT2D eigenvalue weighted by Gasteiger charge is -2.10. The minimum Gasteiger partial charge on any atom is -0.508 e. The van der Waals surface area contributed by atoms with Crippen LogP contribution in [0.1, 0.15) is 17.5 Å². The average Bonchev–Trinajstić information content (AvgIpc) is 2.46. The van der Waals surface area contributed by atoms with Crippen LogP contribution in [0.15, 0.2) is 42.5 Å². The van der Waals surface area contributed by atoms with Crippen molar-refractivity contribution < 1.29 is 10.2 Å². The Balaban J connectivity index is 2.01. The Morgan fingerprint density at radius 2 is 1.95 bits per heavy atom. The summed E-state index contributed by atoms with van der Waals surface area (Å²) >= 11 is 5.92. The molecule has 0 atom stereocenters. The van der Waals surface area contributed by atoms with E-state index in [-0.39, 0.29) is 12.4 Å². The van der Waals surface area contributed by atoms with Gasteiger partial charge in [-0.15, -0.1) is 0 Å². The van der Waals surface area contributed by atoms with Crippen LogP contribution in [0.4, 0.5) is 5.69 Å². The number of anilines is 1. The van der Waals surface area contributed by atoms with E-state index in [1.54, 1.807) is 18.2 Å². The molecule has 106 valence electrons. The maximum Gasteiger partial charge on any atom is 0.120 e. The summed E-state index contributed by atoms with van der Waals surface area (Å²) in [7, 11) is 0. The van der Waals surface area contributed by atoms with Crippen LogP contribution in [0.5, 0.6) is 5.75 Å². The lowest BCUT2D eigenvalue weighted by atomic mass is 10.1. The standard InChI is InChI=1S/C16H18ClNO2/c17-14-6-7-16(20)13(10-14)11-18-15-5-1-3-12(9-15)4-2-8-19/h1,3,5-7,9-10,18-20H,2,4,8,11H2. The van der Waals surface area contributed by atoms with Crippen LogP contribution in [0.25, 0.3) is 0 Å². The summed E-state index contributed by atoms with van der Waals surface area (Å²) in [6.07, 6.45) is 1.62. The third-order valence-corrected chi connectivity index (χ3v) is 3.31. The van der Waals surface area contributed by atoms with Gasteiger partial charge in [0.15, 0.2) is 0 Å². The van der Waals surface area contributed by atoms with Crippen LogP contribution < -0.4 is 5.32 Å².